The summed E-state index contributed by atoms with van der Waals surface area (Å²) < 4.78 is 0. The van der Waals surface area contributed by atoms with E-state index in [-0.39, 0.29) is 6.42 Å². The molecule has 0 rings (SSSR count). The van der Waals surface area contributed by atoms with Gasteiger partial charge >= 0.3 is 5.97 Å². The maximum absolute atomic E-state index is 10.1. The van der Waals surface area contributed by atoms with Crippen molar-refractivity contribution in [3.05, 3.63) is 12.2 Å². The second kappa shape index (κ2) is 6.89. The van der Waals surface area contributed by atoms with Crippen molar-refractivity contribution in [2.24, 2.45) is 5.92 Å². The molecule has 2 heteroatoms. The van der Waals surface area contributed by atoms with Gasteiger partial charge in [0.2, 0.25) is 0 Å². The molecular weight excluding hydrogens is 152 g/mol. The number of rotatable bonds is 6. The van der Waals surface area contributed by atoms with E-state index >= 15 is 0 Å². The highest BCUT2D eigenvalue weighted by atomic mass is 16.4. The molecule has 0 radical (unpaired) electrons. The van der Waals surface area contributed by atoms with Crippen molar-refractivity contribution in [1.82, 2.24) is 0 Å². The Labute approximate surface area is 74.3 Å². The first-order valence-electron chi connectivity index (χ1n) is 4.53. The summed E-state index contributed by atoms with van der Waals surface area (Å²) in [7, 11) is 0. The van der Waals surface area contributed by atoms with Gasteiger partial charge in [0.15, 0.2) is 0 Å². The Balaban J connectivity index is 3.30. The van der Waals surface area contributed by atoms with Crippen LogP contribution in [-0.4, -0.2) is 11.1 Å². The summed E-state index contributed by atoms with van der Waals surface area (Å²) in [6, 6.07) is 0. The monoisotopic (exact) mass is 170 g/mol. The van der Waals surface area contributed by atoms with Gasteiger partial charge in [-0.2, -0.15) is 0 Å². The molecule has 0 saturated heterocycles. The predicted octanol–water partition coefficient (Wildman–Crippen LogP) is 2.84. The zero-order valence-corrected chi connectivity index (χ0v) is 7.92. The van der Waals surface area contributed by atoms with E-state index in [4.69, 9.17) is 5.11 Å². The van der Waals surface area contributed by atoms with Crippen LogP contribution in [-0.2, 0) is 4.79 Å². The zero-order valence-electron chi connectivity index (χ0n) is 7.92. The maximum atomic E-state index is 10.1. The summed E-state index contributed by atoms with van der Waals surface area (Å²) in [5, 5.41) is 8.32. The largest absolute Gasteiger partial charge is 0.481 e. The van der Waals surface area contributed by atoms with Crippen LogP contribution in [0.15, 0.2) is 12.2 Å². The smallest absolute Gasteiger partial charge is 0.307 e. The van der Waals surface area contributed by atoms with E-state index in [0.29, 0.717) is 0 Å². The molecule has 0 amide bonds. The minimum atomic E-state index is -0.755. The normalized spacial score (nSPS) is 13.5. The maximum Gasteiger partial charge on any atom is 0.307 e. The fourth-order valence-electron chi connectivity index (χ4n) is 0.887. The SMILES string of the molecule is CCC(C)CCC=CCC(=O)O. The van der Waals surface area contributed by atoms with Crippen LogP contribution in [0.3, 0.4) is 0 Å². The summed E-state index contributed by atoms with van der Waals surface area (Å²) in [4.78, 5) is 10.1. The molecule has 1 N–H and O–H groups in total. The summed E-state index contributed by atoms with van der Waals surface area (Å²) in [6.45, 7) is 4.39. The highest BCUT2D eigenvalue weighted by molar-refractivity contribution is 5.68. The molecule has 0 aromatic carbocycles. The summed E-state index contributed by atoms with van der Waals surface area (Å²) in [6.07, 6.45) is 7.20. The predicted molar refractivity (Wildman–Crippen MR) is 50.1 cm³/mol. The van der Waals surface area contributed by atoms with Crippen molar-refractivity contribution in [3.8, 4) is 0 Å². The fraction of sp³-hybridized carbons (Fsp3) is 0.700. The first kappa shape index (κ1) is 11.2. The number of carbonyl (C=O) groups is 1. The molecule has 0 aliphatic heterocycles. The summed E-state index contributed by atoms with van der Waals surface area (Å²) in [5.41, 5.74) is 0. The van der Waals surface area contributed by atoms with Crippen LogP contribution in [0.1, 0.15) is 39.5 Å². The molecule has 2 nitrogen and oxygen atoms in total. The van der Waals surface area contributed by atoms with Crippen molar-refractivity contribution < 1.29 is 9.90 Å². The average Bonchev–Trinajstić information content (AvgIpc) is 2.03. The average molecular weight is 170 g/mol. The molecule has 12 heavy (non-hydrogen) atoms. The van der Waals surface area contributed by atoms with Crippen LogP contribution in [0.25, 0.3) is 0 Å². The third kappa shape index (κ3) is 7.32. The minimum Gasteiger partial charge on any atom is -0.481 e. The molecule has 1 unspecified atom stereocenters. The van der Waals surface area contributed by atoms with E-state index in [1.807, 2.05) is 6.08 Å². The lowest BCUT2D eigenvalue weighted by Gasteiger charge is -2.03. The number of aliphatic carboxylic acids is 1. The molecule has 0 saturated carbocycles. The molecular formula is C10H18O2. The Hall–Kier alpha value is -0.790. The second-order valence-electron chi connectivity index (χ2n) is 3.16. The van der Waals surface area contributed by atoms with E-state index in [1.54, 1.807) is 6.08 Å². The van der Waals surface area contributed by atoms with Crippen molar-refractivity contribution in [2.45, 2.75) is 39.5 Å². The third-order valence-corrected chi connectivity index (χ3v) is 1.98. The van der Waals surface area contributed by atoms with Crippen LogP contribution in [0.4, 0.5) is 0 Å². The third-order valence-electron chi connectivity index (χ3n) is 1.98. The Kier molecular flexibility index (Phi) is 6.44. The molecule has 0 aliphatic carbocycles. The lowest BCUT2D eigenvalue weighted by Crippen LogP contribution is -1.91. The van der Waals surface area contributed by atoms with E-state index < -0.39 is 5.97 Å². The highest BCUT2D eigenvalue weighted by Crippen LogP contribution is 2.09. The minimum absolute atomic E-state index is 0.153. The number of allylic oxidation sites excluding steroid dienone is 1. The quantitative estimate of drug-likeness (QED) is 0.622. The molecule has 0 fully saturated rings. The van der Waals surface area contributed by atoms with Gasteiger partial charge in [0.05, 0.1) is 6.42 Å². The van der Waals surface area contributed by atoms with Gasteiger partial charge in [0.1, 0.15) is 0 Å². The first-order chi connectivity index (χ1) is 5.66. The molecule has 0 heterocycles. The molecule has 0 aliphatic rings. The summed E-state index contributed by atoms with van der Waals surface area (Å²) in [5.74, 6) is -0.00531. The second-order valence-corrected chi connectivity index (χ2v) is 3.16. The Morgan fingerprint density at radius 1 is 1.50 bits per heavy atom. The van der Waals surface area contributed by atoms with Gasteiger partial charge in [0.25, 0.3) is 0 Å². The molecule has 1 atom stereocenters. The van der Waals surface area contributed by atoms with Gasteiger partial charge in [-0.25, -0.2) is 0 Å². The molecule has 0 aromatic heterocycles. The molecule has 0 spiro atoms. The van der Waals surface area contributed by atoms with Gasteiger partial charge in [-0.15, -0.1) is 0 Å². The summed E-state index contributed by atoms with van der Waals surface area (Å²) >= 11 is 0. The lowest BCUT2D eigenvalue weighted by atomic mass is 10.0. The van der Waals surface area contributed by atoms with Gasteiger partial charge in [-0.3, -0.25) is 4.79 Å². The van der Waals surface area contributed by atoms with Crippen molar-refractivity contribution in [2.75, 3.05) is 0 Å². The number of carboxylic acid groups (broad SMARTS) is 1. The van der Waals surface area contributed by atoms with Gasteiger partial charge in [-0.1, -0.05) is 32.4 Å². The van der Waals surface area contributed by atoms with Crippen molar-refractivity contribution >= 4 is 5.97 Å². The van der Waals surface area contributed by atoms with Gasteiger partial charge < -0.3 is 5.11 Å². The lowest BCUT2D eigenvalue weighted by molar-refractivity contribution is -0.136. The molecule has 0 aromatic rings. The zero-order chi connectivity index (χ0) is 9.40. The van der Waals surface area contributed by atoms with Crippen LogP contribution < -0.4 is 0 Å². The standard InChI is InChI=1S/C10H18O2/c1-3-9(2)7-5-4-6-8-10(11)12/h4,6,9H,3,5,7-8H2,1-2H3,(H,11,12). The van der Waals surface area contributed by atoms with Crippen LogP contribution in [0.5, 0.6) is 0 Å². The van der Waals surface area contributed by atoms with Crippen molar-refractivity contribution in [3.63, 3.8) is 0 Å². The highest BCUT2D eigenvalue weighted by Gasteiger charge is 1.95. The topological polar surface area (TPSA) is 37.3 Å². The van der Waals surface area contributed by atoms with E-state index in [0.717, 1.165) is 18.8 Å². The number of hydrogen-bond acceptors (Lipinski definition) is 1. The van der Waals surface area contributed by atoms with Crippen LogP contribution >= 0.6 is 0 Å². The number of carboxylic acids is 1. The van der Waals surface area contributed by atoms with E-state index in [1.165, 1.54) is 6.42 Å². The van der Waals surface area contributed by atoms with Crippen LogP contribution in [0.2, 0.25) is 0 Å². The van der Waals surface area contributed by atoms with Crippen molar-refractivity contribution in [1.29, 1.82) is 0 Å². The van der Waals surface area contributed by atoms with E-state index in [2.05, 4.69) is 13.8 Å². The molecule has 0 bridgehead atoms. The Morgan fingerprint density at radius 2 is 2.17 bits per heavy atom. The number of hydrogen-bond donors (Lipinski definition) is 1. The van der Waals surface area contributed by atoms with Gasteiger partial charge in [-0.05, 0) is 18.8 Å². The molecule has 70 valence electrons. The van der Waals surface area contributed by atoms with E-state index in [9.17, 15) is 4.79 Å². The Bertz CT molecular complexity index is 150. The Morgan fingerprint density at radius 3 is 2.67 bits per heavy atom. The fourth-order valence-corrected chi connectivity index (χ4v) is 0.887. The first-order valence-corrected chi connectivity index (χ1v) is 4.53. The van der Waals surface area contributed by atoms with Gasteiger partial charge in [0, 0.05) is 0 Å². The van der Waals surface area contributed by atoms with Crippen LogP contribution in [0, 0.1) is 5.92 Å².